The number of benzene rings is 3. The van der Waals surface area contributed by atoms with E-state index in [4.69, 9.17) is 52.1 Å². The number of aromatic nitrogens is 4. The normalized spacial score (nSPS) is 22.4. The summed E-state index contributed by atoms with van der Waals surface area (Å²) in [4.78, 5) is 38.3. The molecule has 4 fully saturated rings. The van der Waals surface area contributed by atoms with E-state index in [2.05, 4.69) is 20.4 Å². The Labute approximate surface area is 355 Å². The Kier molecular flexibility index (Phi) is 10.3. The van der Waals surface area contributed by atoms with Crippen molar-refractivity contribution in [1.29, 1.82) is 0 Å². The summed E-state index contributed by atoms with van der Waals surface area (Å²) in [6.07, 6.45) is 7.55. The lowest BCUT2D eigenvalue weighted by atomic mass is 9.93. The summed E-state index contributed by atoms with van der Waals surface area (Å²) in [6.45, 7) is 4.46. The smallest absolute Gasteiger partial charge is 0.319 e. The second-order valence-electron chi connectivity index (χ2n) is 16.4. The number of nitrogens with one attached hydrogen (secondary N) is 2. The number of halogens is 2. The molecule has 16 nitrogen and oxygen atoms in total. The number of aldehydes is 1. The Hall–Kier alpha value is -5.75. The quantitative estimate of drug-likeness (QED) is 0.0831. The molecule has 61 heavy (non-hydrogen) atoms. The zero-order valence-corrected chi connectivity index (χ0v) is 34.3. The number of anilines is 1. The molecule has 4 atom stereocenters. The number of piperazine rings is 1. The van der Waals surface area contributed by atoms with E-state index in [0.717, 1.165) is 31.2 Å². The van der Waals surface area contributed by atoms with Crippen LogP contribution >= 0.6 is 11.6 Å². The van der Waals surface area contributed by atoms with Crippen molar-refractivity contribution in [3.05, 3.63) is 70.3 Å². The average Bonchev–Trinajstić information content (AvgIpc) is 4.08. The van der Waals surface area contributed by atoms with Crippen LogP contribution in [0.5, 0.6) is 17.5 Å². The minimum atomic E-state index is -0.446. The summed E-state index contributed by atoms with van der Waals surface area (Å²) in [5.74, 6) is 6.85. The number of amides is 1. The average molecular weight is 853 g/mol. The third-order valence-corrected chi connectivity index (χ3v) is 13.0. The van der Waals surface area contributed by atoms with E-state index < -0.39 is 11.9 Å². The van der Waals surface area contributed by atoms with Crippen LogP contribution in [-0.4, -0.2) is 112 Å². The number of hydrogen-bond acceptors (Lipinski definition) is 14. The van der Waals surface area contributed by atoms with Crippen LogP contribution in [-0.2, 0) is 20.9 Å². The molecule has 5 aliphatic heterocycles. The second kappa shape index (κ2) is 15.9. The fourth-order valence-corrected chi connectivity index (χ4v) is 9.89. The van der Waals surface area contributed by atoms with Gasteiger partial charge in [-0.25, -0.2) is 10.2 Å². The highest BCUT2D eigenvalue weighted by Gasteiger charge is 2.49. The van der Waals surface area contributed by atoms with Gasteiger partial charge in [-0.1, -0.05) is 35.9 Å². The molecule has 1 amide bonds. The molecule has 2 bridgehead atoms. The molecule has 3 aromatic carbocycles. The number of hydrogen-bond donors (Lipinski definition) is 4. The van der Waals surface area contributed by atoms with Crippen LogP contribution in [0.3, 0.4) is 0 Å². The van der Waals surface area contributed by atoms with E-state index in [9.17, 15) is 9.59 Å². The predicted molar refractivity (Wildman–Crippen MR) is 225 cm³/mol. The van der Waals surface area contributed by atoms with Gasteiger partial charge in [0, 0.05) is 60.7 Å². The molecule has 2 aromatic heterocycles. The zero-order valence-electron chi connectivity index (χ0n) is 33.5. The van der Waals surface area contributed by atoms with Crippen LogP contribution in [0.4, 0.5) is 10.2 Å². The van der Waals surface area contributed by atoms with Crippen molar-refractivity contribution in [2.45, 2.75) is 75.9 Å². The molecule has 18 heteroatoms. The highest BCUT2D eigenvalue weighted by atomic mass is 35.5. The highest BCUT2D eigenvalue weighted by molar-refractivity contribution is 6.38. The Morgan fingerprint density at radius 2 is 1.98 bits per heavy atom. The van der Waals surface area contributed by atoms with Crippen molar-refractivity contribution in [2.24, 2.45) is 11.6 Å². The van der Waals surface area contributed by atoms with Crippen LogP contribution in [0.1, 0.15) is 48.8 Å². The standard InChI is InChI=1S/C43H46ClFN10O6/c1-22-29(45)14-31-28(16-49-52-31)35(22)36-38(44)40-37-39(50-43(61-27-8-11-58-12-9-27)51-42(37)55-26-13-32(48-15-26)33(55)21-60-40)41(36)59-20-23-4-6-24(7-5-23)30(46)17-53(47)18-34(57)54-10-2-3-25(54)19-56/h4-7,14,16-17,19,25-27,32-33,48H,2-3,8-13,15,18,20-21,46-47H2,1H3,(H,49,52)/b30-17-. The number of nitrogens with two attached hydrogens (primary N) is 2. The van der Waals surface area contributed by atoms with Gasteiger partial charge in [0.05, 0.1) is 53.1 Å². The van der Waals surface area contributed by atoms with Crippen LogP contribution in [0, 0.1) is 12.7 Å². The lowest BCUT2D eigenvalue weighted by molar-refractivity contribution is -0.135. The van der Waals surface area contributed by atoms with Crippen molar-refractivity contribution in [2.75, 3.05) is 44.4 Å². The molecule has 4 saturated heterocycles. The van der Waals surface area contributed by atoms with Crippen LogP contribution in [0.25, 0.3) is 38.6 Å². The van der Waals surface area contributed by atoms with Gasteiger partial charge in [-0.05, 0) is 48.9 Å². The number of likely N-dealkylation sites (tertiary alicyclic amines) is 1. The summed E-state index contributed by atoms with van der Waals surface area (Å²) in [7, 11) is 0. The number of ether oxygens (including phenoxy) is 4. The topological polar surface area (TPSA) is 199 Å². The SMILES string of the molecule is Cc1c(F)cc2[nH]ncc2c1-c1c(Cl)c2c3c(nc(OC4CCOCC4)nc3c1OCc1ccc(/C(N)=C/N(N)CC(=O)N3CCCC3C=O)cc1)N1C3CNC(C3)C1CO2. The summed E-state index contributed by atoms with van der Waals surface area (Å²) in [6, 6.07) is 8.94. The van der Waals surface area contributed by atoms with Gasteiger partial charge in [-0.2, -0.15) is 15.1 Å². The van der Waals surface area contributed by atoms with Gasteiger partial charge in [0.2, 0.25) is 5.91 Å². The highest BCUT2D eigenvalue weighted by Crippen LogP contribution is 2.55. The van der Waals surface area contributed by atoms with Crippen LogP contribution in [0.2, 0.25) is 5.02 Å². The first-order valence-electron chi connectivity index (χ1n) is 20.7. The Morgan fingerprint density at radius 1 is 1.16 bits per heavy atom. The molecule has 4 unspecified atom stereocenters. The molecule has 10 rings (SSSR count). The molecule has 7 heterocycles. The number of aromatic amines is 1. The number of rotatable bonds is 11. The first kappa shape index (κ1) is 39.4. The van der Waals surface area contributed by atoms with E-state index in [-0.39, 0.29) is 54.3 Å². The molecule has 0 spiro atoms. The second-order valence-corrected chi connectivity index (χ2v) is 16.8. The Bertz CT molecular complexity index is 2570. The number of carbonyl (C=O) groups is 2. The molecule has 6 N–H and O–H groups in total. The van der Waals surface area contributed by atoms with Gasteiger partial charge in [0.25, 0.3) is 0 Å². The van der Waals surface area contributed by atoms with Gasteiger partial charge in [0.1, 0.15) is 49.3 Å². The number of nitrogens with zero attached hydrogens (tertiary/aromatic N) is 6. The van der Waals surface area contributed by atoms with E-state index in [1.54, 1.807) is 18.0 Å². The maximum absolute atomic E-state index is 15.9. The van der Waals surface area contributed by atoms with Gasteiger partial charge in [-0.3, -0.25) is 9.89 Å². The third kappa shape index (κ3) is 7.02. The number of fused-ring (bicyclic) bond motifs is 7. The van der Waals surface area contributed by atoms with E-state index in [0.29, 0.717) is 113 Å². The number of hydrazine groups is 1. The Morgan fingerprint density at radius 3 is 2.79 bits per heavy atom. The summed E-state index contributed by atoms with van der Waals surface area (Å²) < 4.78 is 41.6. The molecule has 0 saturated carbocycles. The Balaban J connectivity index is 1.05. The van der Waals surface area contributed by atoms with Gasteiger partial charge < -0.3 is 49.6 Å². The molecule has 0 aliphatic carbocycles. The van der Waals surface area contributed by atoms with Gasteiger partial charge >= 0.3 is 6.01 Å². The van der Waals surface area contributed by atoms with Crippen molar-refractivity contribution < 1.29 is 32.9 Å². The minimum Gasteiger partial charge on any atom is -0.489 e. The number of H-pyrrole nitrogens is 1. The summed E-state index contributed by atoms with van der Waals surface area (Å²) in [5, 5.41) is 13.5. The van der Waals surface area contributed by atoms with Gasteiger partial charge in [-0.15, -0.1) is 0 Å². The molecule has 318 valence electrons. The largest absolute Gasteiger partial charge is 0.489 e. The maximum atomic E-state index is 15.9. The molecule has 5 aromatic rings. The van der Waals surface area contributed by atoms with Crippen LogP contribution in [0.15, 0.2) is 42.7 Å². The monoisotopic (exact) mass is 852 g/mol. The number of carbonyl (C=O) groups excluding carboxylic acids is 2. The predicted octanol–water partition coefficient (Wildman–Crippen LogP) is 4.35. The van der Waals surface area contributed by atoms with Crippen molar-refractivity contribution in [3.8, 4) is 28.6 Å². The fourth-order valence-electron chi connectivity index (χ4n) is 9.56. The summed E-state index contributed by atoms with van der Waals surface area (Å²) in [5.41, 5.74) is 10.4. The molecule has 0 radical (unpaired) electrons. The summed E-state index contributed by atoms with van der Waals surface area (Å²) >= 11 is 7.53. The lowest BCUT2D eigenvalue weighted by Crippen LogP contribution is -2.53. The van der Waals surface area contributed by atoms with E-state index >= 15 is 4.39 Å². The lowest BCUT2D eigenvalue weighted by Gasteiger charge is -2.35. The van der Waals surface area contributed by atoms with Gasteiger partial charge in [0.15, 0.2) is 11.5 Å². The van der Waals surface area contributed by atoms with E-state index in [1.807, 2.05) is 24.3 Å². The van der Waals surface area contributed by atoms with E-state index in [1.165, 1.54) is 17.3 Å². The van der Waals surface area contributed by atoms with Crippen molar-refractivity contribution >= 4 is 57.1 Å². The molecular weight excluding hydrogens is 807 g/mol. The third-order valence-electron chi connectivity index (χ3n) is 12.7. The zero-order chi connectivity index (χ0) is 41.9. The van der Waals surface area contributed by atoms with Crippen molar-refractivity contribution in [3.63, 3.8) is 0 Å². The maximum Gasteiger partial charge on any atom is 0.319 e. The molecular formula is C43H46ClFN10O6. The van der Waals surface area contributed by atoms with Crippen molar-refractivity contribution in [1.82, 2.24) is 35.4 Å². The fraction of sp³-hybridized carbons (Fsp3) is 0.419. The molecule has 5 aliphatic rings. The minimum absolute atomic E-state index is 0.0210. The first-order valence-corrected chi connectivity index (χ1v) is 21.1. The first-order chi connectivity index (χ1) is 29.7. The van der Waals surface area contributed by atoms with Crippen LogP contribution < -0.4 is 36.0 Å².